The largest absolute Gasteiger partial charge is 0.367 e. The zero-order valence-electron chi connectivity index (χ0n) is 9.64. The van der Waals surface area contributed by atoms with E-state index < -0.39 is 11.6 Å². The minimum Gasteiger partial charge on any atom is -0.367 e. The van der Waals surface area contributed by atoms with Crippen molar-refractivity contribution >= 4 is 21.6 Å². The van der Waals surface area contributed by atoms with Crippen molar-refractivity contribution in [2.75, 3.05) is 25.0 Å². The Kier molecular flexibility index (Phi) is 3.99. The number of nitrogens with zero attached hydrogens (tertiary/aromatic N) is 1. The molecule has 0 saturated carbocycles. The summed E-state index contributed by atoms with van der Waals surface area (Å²) in [5, 5.41) is 3.20. The number of halogens is 3. The Bertz CT molecular complexity index is 388. The Hall–Kier alpha value is -0.680. The molecule has 1 aromatic carbocycles. The number of hydrogen-bond acceptors (Lipinski definition) is 2. The maximum atomic E-state index is 13.8. The van der Waals surface area contributed by atoms with Crippen molar-refractivity contribution in [2.45, 2.75) is 18.9 Å². The summed E-state index contributed by atoms with van der Waals surface area (Å²) in [6, 6.07) is 2.60. The van der Waals surface area contributed by atoms with Crippen LogP contribution in [0.25, 0.3) is 0 Å². The molecule has 1 unspecified atom stereocenters. The van der Waals surface area contributed by atoms with Gasteiger partial charge >= 0.3 is 0 Å². The first-order valence-electron chi connectivity index (χ1n) is 5.68. The molecule has 1 aromatic rings. The van der Waals surface area contributed by atoms with Crippen molar-refractivity contribution in [1.82, 2.24) is 5.32 Å². The van der Waals surface area contributed by atoms with Gasteiger partial charge in [0.15, 0.2) is 5.82 Å². The minimum atomic E-state index is -0.555. The molecule has 5 heteroatoms. The van der Waals surface area contributed by atoms with Gasteiger partial charge in [0.2, 0.25) is 0 Å². The fourth-order valence-corrected chi connectivity index (χ4v) is 2.91. The third-order valence-corrected chi connectivity index (χ3v) is 3.73. The molecule has 17 heavy (non-hydrogen) atoms. The van der Waals surface area contributed by atoms with E-state index in [2.05, 4.69) is 21.2 Å². The highest BCUT2D eigenvalue weighted by Crippen LogP contribution is 2.32. The number of rotatable bonds is 2. The number of benzene rings is 1. The van der Waals surface area contributed by atoms with Crippen molar-refractivity contribution in [3.8, 4) is 0 Å². The van der Waals surface area contributed by atoms with Gasteiger partial charge in [-0.1, -0.05) is 0 Å². The fourth-order valence-electron chi connectivity index (χ4n) is 2.25. The molecule has 1 aliphatic rings. The number of piperidine rings is 1. The van der Waals surface area contributed by atoms with Gasteiger partial charge in [-0.25, -0.2) is 8.78 Å². The molecular formula is C12H15BrF2N2. The molecule has 0 spiro atoms. The predicted octanol–water partition coefficient (Wildman–Crippen LogP) is 2.92. The quantitative estimate of drug-likeness (QED) is 0.904. The highest BCUT2D eigenvalue weighted by molar-refractivity contribution is 9.10. The third kappa shape index (κ3) is 2.77. The monoisotopic (exact) mass is 304 g/mol. The van der Waals surface area contributed by atoms with Crippen LogP contribution in [0.1, 0.15) is 12.8 Å². The molecule has 1 saturated heterocycles. The van der Waals surface area contributed by atoms with E-state index in [-0.39, 0.29) is 0 Å². The van der Waals surface area contributed by atoms with E-state index in [1.165, 1.54) is 6.07 Å². The van der Waals surface area contributed by atoms with Gasteiger partial charge in [0.1, 0.15) is 5.82 Å². The Balaban J connectivity index is 2.27. The van der Waals surface area contributed by atoms with Crippen molar-refractivity contribution in [1.29, 1.82) is 0 Å². The van der Waals surface area contributed by atoms with E-state index in [0.29, 0.717) is 16.2 Å². The van der Waals surface area contributed by atoms with Gasteiger partial charge in [-0.2, -0.15) is 0 Å². The van der Waals surface area contributed by atoms with Gasteiger partial charge in [0.05, 0.1) is 5.69 Å². The van der Waals surface area contributed by atoms with Crippen molar-refractivity contribution in [3.05, 3.63) is 28.2 Å². The smallest absolute Gasteiger partial charge is 0.150 e. The molecule has 0 radical (unpaired) electrons. The maximum absolute atomic E-state index is 13.8. The number of likely N-dealkylation sites (N-methyl/N-ethyl adjacent to an activating group) is 1. The van der Waals surface area contributed by atoms with E-state index in [1.807, 2.05) is 11.9 Å². The van der Waals surface area contributed by atoms with Crippen LogP contribution in [0.15, 0.2) is 16.6 Å². The molecule has 0 aromatic heterocycles. The molecule has 0 aliphatic carbocycles. The van der Waals surface area contributed by atoms with Crippen LogP contribution in [-0.2, 0) is 0 Å². The van der Waals surface area contributed by atoms with Crippen LogP contribution in [0.4, 0.5) is 14.5 Å². The van der Waals surface area contributed by atoms with Crippen LogP contribution >= 0.6 is 15.9 Å². The van der Waals surface area contributed by atoms with Crippen LogP contribution in [0, 0.1) is 11.6 Å². The molecule has 1 heterocycles. The normalized spacial score (nSPS) is 20.7. The lowest BCUT2D eigenvalue weighted by Crippen LogP contribution is -2.44. The summed E-state index contributed by atoms with van der Waals surface area (Å²) in [6.07, 6.45) is 2.10. The summed E-state index contributed by atoms with van der Waals surface area (Å²) in [5.41, 5.74) is 0.464. The molecule has 0 bridgehead atoms. The molecule has 1 fully saturated rings. The van der Waals surface area contributed by atoms with Crippen LogP contribution < -0.4 is 10.2 Å². The van der Waals surface area contributed by atoms with Gasteiger partial charge in [0.25, 0.3) is 0 Å². The Morgan fingerprint density at radius 3 is 2.82 bits per heavy atom. The second kappa shape index (κ2) is 5.31. The van der Waals surface area contributed by atoms with Crippen molar-refractivity contribution in [3.63, 3.8) is 0 Å². The highest BCUT2D eigenvalue weighted by Gasteiger charge is 2.23. The van der Waals surface area contributed by atoms with Gasteiger partial charge in [-0.3, -0.25) is 0 Å². The number of anilines is 1. The van der Waals surface area contributed by atoms with E-state index in [1.54, 1.807) is 0 Å². The SMILES string of the molecule is CNC1CCCN(c2c(F)cc(F)cc2Br)C1. The third-order valence-electron chi connectivity index (χ3n) is 3.13. The number of nitrogens with one attached hydrogen (secondary N) is 1. The lowest BCUT2D eigenvalue weighted by Gasteiger charge is -2.35. The molecular weight excluding hydrogens is 290 g/mol. The van der Waals surface area contributed by atoms with E-state index in [0.717, 1.165) is 32.0 Å². The molecule has 1 aliphatic heterocycles. The lowest BCUT2D eigenvalue weighted by molar-refractivity contribution is 0.444. The zero-order valence-corrected chi connectivity index (χ0v) is 11.2. The van der Waals surface area contributed by atoms with E-state index in [4.69, 9.17) is 0 Å². The lowest BCUT2D eigenvalue weighted by atomic mass is 10.1. The molecule has 1 N–H and O–H groups in total. The topological polar surface area (TPSA) is 15.3 Å². The highest BCUT2D eigenvalue weighted by atomic mass is 79.9. The molecule has 0 amide bonds. The van der Waals surface area contributed by atoms with Gasteiger partial charge in [0, 0.05) is 29.7 Å². The Morgan fingerprint density at radius 1 is 1.41 bits per heavy atom. The molecule has 1 atom stereocenters. The van der Waals surface area contributed by atoms with Gasteiger partial charge < -0.3 is 10.2 Å². The second-order valence-electron chi connectivity index (χ2n) is 4.29. The summed E-state index contributed by atoms with van der Waals surface area (Å²) in [4.78, 5) is 1.96. The molecule has 2 rings (SSSR count). The predicted molar refractivity (Wildman–Crippen MR) is 68.4 cm³/mol. The standard InChI is InChI=1S/C12H15BrF2N2/c1-16-9-3-2-4-17(7-9)12-10(13)5-8(14)6-11(12)15/h5-6,9,16H,2-4,7H2,1H3. The summed E-state index contributed by atoms with van der Waals surface area (Å²) >= 11 is 3.23. The van der Waals surface area contributed by atoms with Crippen LogP contribution in [0.5, 0.6) is 0 Å². The molecule has 2 nitrogen and oxygen atoms in total. The van der Waals surface area contributed by atoms with Crippen molar-refractivity contribution in [2.24, 2.45) is 0 Å². The second-order valence-corrected chi connectivity index (χ2v) is 5.15. The summed E-state index contributed by atoms with van der Waals surface area (Å²) in [5.74, 6) is -1.06. The average molecular weight is 305 g/mol. The van der Waals surface area contributed by atoms with Crippen LogP contribution in [0.2, 0.25) is 0 Å². The summed E-state index contributed by atoms with van der Waals surface area (Å²) < 4.78 is 27.3. The fraction of sp³-hybridized carbons (Fsp3) is 0.500. The van der Waals surface area contributed by atoms with Crippen LogP contribution in [-0.4, -0.2) is 26.2 Å². The van der Waals surface area contributed by atoms with Crippen molar-refractivity contribution < 1.29 is 8.78 Å². The average Bonchev–Trinajstić information content (AvgIpc) is 2.28. The first-order valence-corrected chi connectivity index (χ1v) is 6.48. The Labute approximate surface area is 108 Å². The first kappa shape index (κ1) is 12.8. The van der Waals surface area contributed by atoms with Gasteiger partial charge in [-0.05, 0) is 41.9 Å². The first-order chi connectivity index (χ1) is 8.11. The summed E-state index contributed by atoms with van der Waals surface area (Å²) in [6.45, 7) is 1.55. The van der Waals surface area contributed by atoms with E-state index >= 15 is 0 Å². The minimum absolute atomic E-state index is 0.361. The zero-order chi connectivity index (χ0) is 12.4. The summed E-state index contributed by atoms with van der Waals surface area (Å²) in [7, 11) is 1.91. The van der Waals surface area contributed by atoms with Gasteiger partial charge in [-0.15, -0.1) is 0 Å². The van der Waals surface area contributed by atoms with E-state index in [9.17, 15) is 8.78 Å². The van der Waals surface area contributed by atoms with Crippen LogP contribution in [0.3, 0.4) is 0 Å². The maximum Gasteiger partial charge on any atom is 0.150 e. The number of hydrogen-bond donors (Lipinski definition) is 1. The molecule has 94 valence electrons. The Morgan fingerprint density at radius 2 is 2.18 bits per heavy atom.